The highest BCUT2D eigenvalue weighted by molar-refractivity contribution is 5.79. The molecule has 0 unspecified atom stereocenters. The number of fused-ring (bicyclic) bond motifs is 4. The smallest absolute Gasteiger partial charge is 0.261 e. The van der Waals surface area contributed by atoms with Crippen LogP contribution in [0.4, 0.5) is 0 Å². The molecule has 8 heteroatoms. The lowest BCUT2D eigenvalue weighted by Crippen LogP contribution is -2.49. The van der Waals surface area contributed by atoms with E-state index in [1.807, 2.05) is 41.8 Å². The van der Waals surface area contributed by atoms with E-state index in [-0.39, 0.29) is 17.4 Å². The van der Waals surface area contributed by atoms with E-state index in [2.05, 4.69) is 15.1 Å². The van der Waals surface area contributed by atoms with Gasteiger partial charge in [0.1, 0.15) is 5.82 Å². The zero-order chi connectivity index (χ0) is 20.1. The Morgan fingerprint density at radius 3 is 2.86 bits per heavy atom. The van der Waals surface area contributed by atoms with Crippen LogP contribution in [0.5, 0.6) is 0 Å². The highest BCUT2D eigenvalue weighted by Gasteiger charge is 2.36. The second-order valence-corrected chi connectivity index (χ2v) is 8.21. The minimum absolute atomic E-state index is 0.00193. The lowest BCUT2D eigenvalue weighted by molar-refractivity contribution is -0.133. The van der Waals surface area contributed by atoms with Crippen LogP contribution in [0.1, 0.15) is 29.3 Å². The molecule has 1 N–H and O–H groups in total. The molecule has 0 aliphatic carbocycles. The quantitative estimate of drug-likeness (QED) is 0.731. The summed E-state index contributed by atoms with van der Waals surface area (Å²) in [6.45, 7) is 3.95. The van der Waals surface area contributed by atoms with E-state index < -0.39 is 0 Å². The fourth-order valence-corrected chi connectivity index (χ4v) is 4.84. The van der Waals surface area contributed by atoms with Gasteiger partial charge in [-0.3, -0.25) is 14.3 Å². The maximum absolute atomic E-state index is 13.1. The predicted molar refractivity (Wildman–Crippen MR) is 107 cm³/mol. The van der Waals surface area contributed by atoms with Gasteiger partial charge < -0.3 is 14.5 Å². The number of piperidine rings is 1. The minimum Gasteiger partial charge on any atom is -0.344 e. The first kappa shape index (κ1) is 17.9. The van der Waals surface area contributed by atoms with Crippen LogP contribution in [-0.4, -0.2) is 48.2 Å². The molecule has 5 heterocycles. The molecule has 29 heavy (non-hydrogen) atoms. The van der Waals surface area contributed by atoms with Gasteiger partial charge in [0.15, 0.2) is 0 Å². The normalized spacial score (nSPS) is 20.6. The van der Waals surface area contributed by atoms with Crippen LogP contribution >= 0.6 is 0 Å². The lowest BCUT2D eigenvalue weighted by atomic mass is 9.82. The Balaban J connectivity index is 1.40. The van der Waals surface area contributed by atoms with E-state index in [0.29, 0.717) is 43.4 Å². The number of carbonyl (C=O) groups excluding carboxylic acids is 1. The van der Waals surface area contributed by atoms with Crippen LogP contribution in [0, 0.1) is 12.8 Å². The average Bonchev–Trinajstić information content (AvgIpc) is 3.32. The van der Waals surface area contributed by atoms with Crippen LogP contribution in [0.3, 0.4) is 0 Å². The summed E-state index contributed by atoms with van der Waals surface area (Å²) < 4.78 is 3.64. The van der Waals surface area contributed by atoms with Gasteiger partial charge in [0, 0.05) is 62.4 Å². The number of aromatic nitrogens is 5. The molecule has 1 fully saturated rings. The Morgan fingerprint density at radius 2 is 2.14 bits per heavy atom. The third kappa shape index (κ3) is 3.08. The molecule has 1 saturated heterocycles. The first-order valence-electron chi connectivity index (χ1n) is 10.00. The SMILES string of the molecule is Cc1nn(C)cc1CC(=O)N1C[C@@H]2C[C@H](C1)c1ccc(-c3ncc[nH]3)c(=O)n1C2. The number of hydrogen-bond acceptors (Lipinski definition) is 4. The minimum atomic E-state index is -0.00193. The second kappa shape index (κ2) is 6.72. The lowest BCUT2D eigenvalue weighted by Gasteiger charge is -2.43. The summed E-state index contributed by atoms with van der Waals surface area (Å²) in [4.78, 5) is 35.2. The van der Waals surface area contributed by atoms with Crippen LogP contribution < -0.4 is 5.56 Å². The monoisotopic (exact) mass is 392 g/mol. The van der Waals surface area contributed by atoms with Gasteiger partial charge in [0.25, 0.3) is 5.56 Å². The van der Waals surface area contributed by atoms with Gasteiger partial charge in [0.2, 0.25) is 5.91 Å². The van der Waals surface area contributed by atoms with Crippen molar-refractivity contribution in [1.29, 1.82) is 0 Å². The molecule has 0 saturated carbocycles. The van der Waals surface area contributed by atoms with Crippen molar-refractivity contribution in [3.8, 4) is 11.4 Å². The fourth-order valence-electron chi connectivity index (χ4n) is 4.84. The maximum Gasteiger partial charge on any atom is 0.261 e. The number of nitrogens with one attached hydrogen (secondary N) is 1. The summed E-state index contributed by atoms with van der Waals surface area (Å²) in [6, 6.07) is 3.88. The van der Waals surface area contributed by atoms with E-state index >= 15 is 0 Å². The van der Waals surface area contributed by atoms with E-state index in [1.165, 1.54) is 0 Å². The Labute approximate surface area is 168 Å². The van der Waals surface area contributed by atoms with Crippen molar-refractivity contribution in [3.63, 3.8) is 0 Å². The number of amides is 1. The third-order valence-corrected chi connectivity index (χ3v) is 6.17. The molecule has 1 amide bonds. The van der Waals surface area contributed by atoms with Crippen molar-refractivity contribution < 1.29 is 4.79 Å². The predicted octanol–water partition coefficient (Wildman–Crippen LogP) is 1.47. The van der Waals surface area contributed by atoms with Gasteiger partial charge in [-0.05, 0) is 31.4 Å². The molecular formula is C21H24N6O2. The van der Waals surface area contributed by atoms with Crippen molar-refractivity contribution in [2.75, 3.05) is 13.1 Å². The van der Waals surface area contributed by atoms with Crippen molar-refractivity contribution >= 4 is 5.91 Å². The third-order valence-electron chi connectivity index (χ3n) is 6.17. The number of pyridine rings is 1. The summed E-state index contributed by atoms with van der Waals surface area (Å²) in [6.07, 6.45) is 6.70. The number of likely N-dealkylation sites (tertiary alicyclic amines) is 1. The zero-order valence-electron chi connectivity index (χ0n) is 16.6. The first-order chi connectivity index (χ1) is 14.0. The number of aromatic amines is 1. The van der Waals surface area contributed by atoms with Gasteiger partial charge in [-0.25, -0.2) is 4.98 Å². The number of hydrogen-bond donors (Lipinski definition) is 1. The van der Waals surface area contributed by atoms with E-state index in [1.54, 1.807) is 17.1 Å². The van der Waals surface area contributed by atoms with E-state index in [4.69, 9.17) is 0 Å². The van der Waals surface area contributed by atoms with Crippen LogP contribution in [0.15, 0.2) is 35.5 Å². The molecule has 8 nitrogen and oxygen atoms in total. The van der Waals surface area contributed by atoms with Crippen molar-refractivity contribution in [1.82, 2.24) is 29.2 Å². The molecule has 2 bridgehead atoms. The van der Waals surface area contributed by atoms with Crippen molar-refractivity contribution in [3.05, 3.63) is 58.0 Å². The zero-order valence-corrected chi connectivity index (χ0v) is 16.6. The first-order valence-corrected chi connectivity index (χ1v) is 10.00. The summed E-state index contributed by atoms with van der Waals surface area (Å²) >= 11 is 0. The molecule has 0 radical (unpaired) electrons. The topological polar surface area (TPSA) is 88.8 Å². The molecule has 3 aromatic heterocycles. The molecule has 2 atom stereocenters. The standard InChI is InChI=1S/C21H24N6O2/c1-13-15(11-25(2)24-13)8-19(28)26-9-14-7-16(12-26)18-4-3-17(20-22-5-6-23-20)21(29)27(18)10-14/h3-6,11,14,16H,7-10,12H2,1-2H3,(H,22,23)/t14-,16+/m0/s1. The van der Waals surface area contributed by atoms with E-state index in [9.17, 15) is 9.59 Å². The average molecular weight is 392 g/mol. The number of H-pyrrole nitrogens is 1. The highest BCUT2D eigenvalue weighted by Crippen LogP contribution is 2.35. The van der Waals surface area contributed by atoms with Crippen LogP contribution in [-0.2, 0) is 24.8 Å². The number of nitrogens with zero attached hydrogens (tertiary/aromatic N) is 5. The summed E-state index contributed by atoms with van der Waals surface area (Å²) in [7, 11) is 1.87. The summed E-state index contributed by atoms with van der Waals surface area (Å²) in [5, 5.41) is 4.34. The van der Waals surface area contributed by atoms with Gasteiger partial charge in [-0.2, -0.15) is 5.10 Å². The number of aryl methyl sites for hydroxylation is 2. The highest BCUT2D eigenvalue weighted by atomic mass is 16.2. The Hall–Kier alpha value is -3.16. The van der Waals surface area contributed by atoms with Crippen molar-refractivity contribution in [2.45, 2.75) is 32.2 Å². The van der Waals surface area contributed by atoms with E-state index in [0.717, 1.165) is 23.4 Å². The van der Waals surface area contributed by atoms with Crippen LogP contribution in [0.2, 0.25) is 0 Å². The number of rotatable bonds is 3. The molecule has 2 aliphatic heterocycles. The van der Waals surface area contributed by atoms with Crippen molar-refractivity contribution in [2.24, 2.45) is 13.0 Å². The second-order valence-electron chi connectivity index (χ2n) is 8.21. The fraction of sp³-hybridized carbons (Fsp3) is 0.429. The molecule has 0 spiro atoms. The van der Waals surface area contributed by atoms with Gasteiger partial charge in [0.05, 0.1) is 17.7 Å². The van der Waals surface area contributed by atoms with Gasteiger partial charge in [-0.15, -0.1) is 0 Å². The number of imidazole rings is 1. The van der Waals surface area contributed by atoms with Crippen LogP contribution in [0.25, 0.3) is 11.4 Å². The molecule has 150 valence electrons. The Morgan fingerprint density at radius 1 is 1.28 bits per heavy atom. The summed E-state index contributed by atoms with van der Waals surface area (Å²) in [5.41, 5.74) is 3.50. The Bertz CT molecular complexity index is 1130. The maximum atomic E-state index is 13.1. The van der Waals surface area contributed by atoms with Gasteiger partial charge >= 0.3 is 0 Å². The summed E-state index contributed by atoms with van der Waals surface area (Å²) in [5.74, 6) is 1.23. The Kier molecular flexibility index (Phi) is 4.15. The molecule has 0 aromatic carbocycles. The largest absolute Gasteiger partial charge is 0.344 e. The molecular weight excluding hydrogens is 368 g/mol. The number of carbonyl (C=O) groups is 1. The van der Waals surface area contributed by atoms with Gasteiger partial charge in [-0.1, -0.05) is 0 Å². The molecule has 5 rings (SSSR count). The molecule has 3 aromatic rings. The molecule has 2 aliphatic rings.